The standard InChI is InChI=1S/C16H19BrN2/c1-3-16(13-6-4-8-15(17)10-13)19-12(2)14-7-5-9-18-11-14/h4-12,16,19H,3H2,1-2H3/t12-,16?/m0/s1. The first-order valence-corrected chi connectivity index (χ1v) is 7.41. The number of halogens is 1. The molecule has 0 aliphatic carbocycles. The highest BCUT2D eigenvalue weighted by Gasteiger charge is 2.13. The van der Waals surface area contributed by atoms with Gasteiger partial charge in [0.25, 0.3) is 0 Å². The van der Waals surface area contributed by atoms with Gasteiger partial charge >= 0.3 is 0 Å². The number of nitrogens with zero attached hydrogens (tertiary/aromatic N) is 1. The molecule has 0 aliphatic heterocycles. The van der Waals surface area contributed by atoms with E-state index >= 15 is 0 Å². The molecular formula is C16H19BrN2. The Morgan fingerprint density at radius 1 is 1.21 bits per heavy atom. The number of aromatic nitrogens is 1. The SMILES string of the molecule is CCC(N[C@@H](C)c1cccnc1)c1cccc(Br)c1. The second kappa shape index (κ2) is 6.83. The van der Waals surface area contributed by atoms with Gasteiger partial charge in [0.05, 0.1) is 0 Å². The molecular weight excluding hydrogens is 300 g/mol. The predicted molar refractivity (Wildman–Crippen MR) is 83.0 cm³/mol. The monoisotopic (exact) mass is 318 g/mol. The Kier molecular flexibility index (Phi) is 5.11. The van der Waals surface area contributed by atoms with Crippen molar-refractivity contribution in [3.8, 4) is 0 Å². The molecule has 1 aromatic carbocycles. The van der Waals surface area contributed by atoms with Crippen molar-refractivity contribution in [2.45, 2.75) is 32.4 Å². The van der Waals surface area contributed by atoms with Crippen LogP contribution < -0.4 is 5.32 Å². The van der Waals surface area contributed by atoms with E-state index in [2.05, 4.69) is 70.4 Å². The maximum atomic E-state index is 4.18. The molecule has 2 rings (SSSR count). The molecule has 1 heterocycles. The van der Waals surface area contributed by atoms with Crippen LogP contribution in [0.3, 0.4) is 0 Å². The van der Waals surface area contributed by atoms with Crippen molar-refractivity contribution in [2.75, 3.05) is 0 Å². The normalized spacial score (nSPS) is 14.1. The van der Waals surface area contributed by atoms with Crippen LogP contribution in [-0.4, -0.2) is 4.98 Å². The van der Waals surface area contributed by atoms with Crippen LogP contribution in [-0.2, 0) is 0 Å². The number of nitrogens with one attached hydrogen (secondary N) is 1. The summed E-state index contributed by atoms with van der Waals surface area (Å²) >= 11 is 3.53. The number of benzene rings is 1. The van der Waals surface area contributed by atoms with Crippen LogP contribution in [0, 0.1) is 0 Å². The third-order valence-electron chi connectivity index (χ3n) is 3.29. The van der Waals surface area contributed by atoms with Gasteiger partial charge in [-0.3, -0.25) is 4.98 Å². The minimum Gasteiger partial charge on any atom is -0.303 e. The summed E-state index contributed by atoms with van der Waals surface area (Å²) in [6, 6.07) is 13.2. The van der Waals surface area contributed by atoms with Gasteiger partial charge < -0.3 is 5.32 Å². The lowest BCUT2D eigenvalue weighted by Gasteiger charge is -2.23. The van der Waals surface area contributed by atoms with E-state index in [1.54, 1.807) is 0 Å². The number of hydrogen-bond donors (Lipinski definition) is 1. The molecule has 0 radical (unpaired) electrons. The van der Waals surface area contributed by atoms with Crippen LogP contribution in [0.25, 0.3) is 0 Å². The maximum Gasteiger partial charge on any atom is 0.0323 e. The third kappa shape index (κ3) is 3.88. The van der Waals surface area contributed by atoms with Crippen molar-refractivity contribution in [3.63, 3.8) is 0 Å². The van der Waals surface area contributed by atoms with Crippen LogP contribution in [0.5, 0.6) is 0 Å². The molecule has 1 aromatic heterocycles. The number of rotatable bonds is 5. The molecule has 100 valence electrons. The van der Waals surface area contributed by atoms with Gasteiger partial charge in [-0.2, -0.15) is 0 Å². The van der Waals surface area contributed by atoms with Gasteiger partial charge in [-0.1, -0.05) is 41.1 Å². The van der Waals surface area contributed by atoms with Gasteiger partial charge in [-0.15, -0.1) is 0 Å². The Balaban J connectivity index is 2.11. The topological polar surface area (TPSA) is 24.9 Å². The Labute approximate surface area is 123 Å². The maximum absolute atomic E-state index is 4.18. The lowest BCUT2D eigenvalue weighted by Crippen LogP contribution is -2.24. The molecule has 3 heteroatoms. The van der Waals surface area contributed by atoms with Crippen molar-refractivity contribution in [1.29, 1.82) is 0 Å². The van der Waals surface area contributed by atoms with Crippen molar-refractivity contribution in [1.82, 2.24) is 10.3 Å². The van der Waals surface area contributed by atoms with E-state index in [1.165, 1.54) is 11.1 Å². The fourth-order valence-electron chi connectivity index (χ4n) is 2.20. The van der Waals surface area contributed by atoms with E-state index in [0.717, 1.165) is 10.9 Å². The Morgan fingerprint density at radius 3 is 2.63 bits per heavy atom. The molecule has 0 spiro atoms. The summed E-state index contributed by atoms with van der Waals surface area (Å²) in [5, 5.41) is 3.67. The molecule has 2 atom stereocenters. The minimum atomic E-state index is 0.289. The molecule has 2 aromatic rings. The molecule has 1 unspecified atom stereocenters. The summed E-state index contributed by atoms with van der Waals surface area (Å²) in [6.07, 6.45) is 4.79. The van der Waals surface area contributed by atoms with Crippen LogP contribution in [0.1, 0.15) is 43.5 Å². The first-order valence-electron chi connectivity index (χ1n) is 6.62. The zero-order valence-corrected chi connectivity index (χ0v) is 12.9. The lowest BCUT2D eigenvalue weighted by molar-refractivity contribution is 0.455. The van der Waals surface area contributed by atoms with Crippen molar-refractivity contribution in [2.24, 2.45) is 0 Å². The van der Waals surface area contributed by atoms with E-state index in [4.69, 9.17) is 0 Å². The van der Waals surface area contributed by atoms with Gasteiger partial charge in [0.1, 0.15) is 0 Å². The Bertz CT molecular complexity index is 513. The van der Waals surface area contributed by atoms with Gasteiger partial charge in [0.2, 0.25) is 0 Å². The van der Waals surface area contributed by atoms with Crippen LogP contribution in [0.15, 0.2) is 53.3 Å². The summed E-state index contributed by atoms with van der Waals surface area (Å²) in [5.41, 5.74) is 2.53. The first-order chi connectivity index (χ1) is 9.20. The lowest BCUT2D eigenvalue weighted by atomic mass is 10.0. The Morgan fingerprint density at radius 2 is 2.00 bits per heavy atom. The Hall–Kier alpha value is -1.19. The molecule has 1 N–H and O–H groups in total. The van der Waals surface area contributed by atoms with Crippen molar-refractivity contribution >= 4 is 15.9 Å². The van der Waals surface area contributed by atoms with Gasteiger partial charge in [-0.05, 0) is 42.7 Å². The summed E-state index contributed by atoms with van der Waals surface area (Å²) in [7, 11) is 0. The largest absolute Gasteiger partial charge is 0.303 e. The highest BCUT2D eigenvalue weighted by molar-refractivity contribution is 9.10. The quantitative estimate of drug-likeness (QED) is 0.868. The number of hydrogen-bond acceptors (Lipinski definition) is 2. The van der Waals surface area contributed by atoms with Crippen LogP contribution in [0.2, 0.25) is 0 Å². The molecule has 0 bridgehead atoms. The van der Waals surface area contributed by atoms with E-state index < -0.39 is 0 Å². The minimum absolute atomic E-state index is 0.289. The van der Waals surface area contributed by atoms with Gasteiger partial charge in [0.15, 0.2) is 0 Å². The molecule has 19 heavy (non-hydrogen) atoms. The average molecular weight is 319 g/mol. The van der Waals surface area contributed by atoms with Gasteiger partial charge in [-0.25, -0.2) is 0 Å². The van der Waals surface area contributed by atoms with Crippen molar-refractivity contribution < 1.29 is 0 Å². The van der Waals surface area contributed by atoms with Gasteiger partial charge in [0, 0.05) is 29.0 Å². The average Bonchev–Trinajstić information content (AvgIpc) is 2.45. The second-order valence-electron chi connectivity index (χ2n) is 4.69. The predicted octanol–water partition coefficient (Wildman–Crippen LogP) is 4.65. The summed E-state index contributed by atoms with van der Waals surface area (Å²) in [4.78, 5) is 4.18. The molecule has 0 aliphatic rings. The first kappa shape index (κ1) is 14.2. The fraction of sp³-hybridized carbons (Fsp3) is 0.312. The summed E-state index contributed by atoms with van der Waals surface area (Å²) < 4.78 is 1.12. The van der Waals surface area contributed by atoms with Crippen molar-refractivity contribution in [3.05, 3.63) is 64.4 Å². The molecule has 0 fully saturated rings. The van der Waals surface area contributed by atoms with E-state index in [0.29, 0.717) is 6.04 Å². The highest BCUT2D eigenvalue weighted by Crippen LogP contribution is 2.24. The van der Waals surface area contributed by atoms with Crippen LogP contribution in [0.4, 0.5) is 0 Å². The fourth-order valence-corrected chi connectivity index (χ4v) is 2.62. The van der Waals surface area contributed by atoms with E-state index in [1.807, 2.05) is 18.5 Å². The zero-order chi connectivity index (χ0) is 13.7. The van der Waals surface area contributed by atoms with E-state index in [-0.39, 0.29) is 6.04 Å². The summed E-state index contributed by atoms with van der Waals surface area (Å²) in [5.74, 6) is 0. The highest BCUT2D eigenvalue weighted by atomic mass is 79.9. The molecule has 0 saturated heterocycles. The smallest absolute Gasteiger partial charge is 0.0323 e. The van der Waals surface area contributed by atoms with E-state index in [9.17, 15) is 0 Å². The zero-order valence-electron chi connectivity index (χ0n) is 11.3. The molecule has 0 amide bonds. The summed E-state index contributed by atoms with van der Waals surface area (Å²) in [6.45, 7) is 4.38. The van der Waals surface area contributed by atoms with Crippen LogP contribution >= 0.6 is 15.9 Å². The second-order valence-corrected chi connectivity index (χ2v) is 5.61. The number of pyridine rings is 1. The molecule has 2 nitrogen and oxygen atoms in total. The molecule has 0 saturated carbocycles. The third-order valence-corrected chi connectivity index (χ3v) is 3.79.